The van der Waals surface area contributed by atoms with E-state index in [1.807, 2.05) is 13.0 Å². The number of aryl methyl sites for hydroxylation is 1. The van der Waals surface area contributed by atoms with Gasteiger partial charge >= 0.3 is 0 Å². The minimum Gasteiger partial charge on any atom is -0.497 e. The zero-order valence-electron chi connectivity index (χ0n) is 12.3. The van der Waals surface area contributed by atoms with Gasteiger partial charge in [0.2, 0.25) is 0 Å². The highest BCUT2D eigenvalue weighted by atomic mass is 19.1. The third-order valence-corrected chi connectivity index (χ3v) is 3.01. The van der Waals surface area contributed by atoms with Crippen LogP contribution in [0.5, 0.6) is 11.5 Å². The van der Waals surface area contributed by atoms with Crippen molar-refractivity contribution in [2.75, 3.05) is 7.11 Å². The Hall–Kier alpha value is -2.14. The van der Waals surface area contributed by atoms with Crippen molar-refractivity contribution in [2.45, 2.75) is 26.6 Å². The number of aliphatic hydroxyl groups excluding tert-OH is 1. The highest BCUT2D eigenvalue weighted by molar-refractivity contribution is 5.36. The number of hydrogen-bond donors (Lipinski definition) is 1. The molecule has 1 aromatic carbocycles. The lowest BCUT2D eigenvalue weighted by molar-refractivity contribution is 0.189. The van der Waals surface area contributed by atoms with Gasteiger partial charge in [-0.25, -0.2) is 4.39 Å². The van der Waals surface area contributed by atoms with Crippen LogP contribution in [0.3, 0.4) is 0 Å². The summed E-state index contributed by atoms with van der Waals surface area (Å²) >= 11 is 0. The molecule has 4 nitrogen and oxygen atoms in total. The van der Waals surface area contributed by atoms with Crippen LogP contribution >= 0.6 is 0 Å². The molecule has 0 saturated carbocycles. The maximum Gasteiger partial charge on any atom is 0.130 e. The first-order valence-corrected chi connectivity index (χ1v) is 6.61. The molecule has 0 radical (unpaired) electrons. The summed E-state index contributed by atoms with van der Waals surface area (Å²) in [4.78, 5) is 4.35. The minimum atomic E-state index is -0.810. The highest BCUT2D eigenvalue weighted by Crippen LogP contribution is 2.27. The van der Waals surface area contributed by atoms with E-state index in [1.54, 1.807) is 20.1 Å². The Labute approximate surface area is 123 Å². The van der Waals surface area contributed by atoms with Gasteiger partial charge in [-0.05, 0) is 32.0 Å². The van der Waals surface area contributed by atoms with E-state index < -0.39 is 11.9 Å². The molecule has 112 valence electrons. The predicted octanol–water partition coefficient (Wildman–Crippen LogP) is 3.17. The summed E-state index contributed by atoms with van der Waals surface area (Å²) in [6.45, 7) is 3.64. The SMILES string of the molecule is COc1cc(C)nc(COc2ccc(F)cc2C(C)O)c1. The van der Waals surface area contributed by atoms with E-state index in [1.165, 1.54) is 18.2 Å². The third kappa shape index (κ3) is 3.92. The summed E-state index contributed by atoms with van der Waals surface area (Å²) < 4.78 is 24.1. The fraction of sp³-hybridized carbons (Fsp3) is 0.312. The lowest BCUT2D eigenvalue weighted by atomic mass is 10.1. The molecule has 1 heterocycles. The van der Waals surface area contributed by atoms with Gasteiger partial charge < -0.3 is 14.6 Å². The number of methoxy groups -OCH3 is 1. The minimum absolute atomic E-state index is 0.212. The number of ether oxygens (including phenoxy) is 2. The van der Waals surface area contributed by atoms with Crippen LogP contribution in [-0.2, 0) is 6.61 Å². The van der Waals surface area contributed by atoms with Crippen LogP contribution in [0.15, 0.2) is 30.3 Å². The number of aromatic nitrogens is 1. The van der Waals surface area contributed by atoms with Crippen molar-refractivity contribution in [3.05, 3.63) is 53.1 Å². The van der Waals surface area contributed by atoms with Gasteiger partial charge in [0.05, 0.1) is 18.9 Å². The van der Waals surface area contributed by atoms with Crippen LogP contribution in [0.4, 0.5) is 4.39 Å². The van der Waals surface area contributed by atoms with E-state index in [9.17, 15) is 9.50 Å². The van der Waals surface area contributed by atoms with Crippen LogP contribution in [0.1, 0.15) is 30.0 Å². The zero-order chi connectivity index (χ0) is 15.4. The Morgan fingerprint density at radius 1 is 1.29 bits per heavy atom. The molecule has 0 amide bonds. The predicted molar refractivity (Wildman–Crippen MR) is 76.9 cm³/mol. The molecule has 2 aromatic rings. The Bertz CT molecular complexity index is 629. The number of aliphatic hydroxyl groups is 1. The average Bonchev–Trinajstić information content (AvgIpc) is 2.45. The molecule has 21 heavy (non-hydrogen) atoms. The summed E-state index contributed by atoms with van der Waals surface area (Å²) in [5, 5.41) is 9.67. The van der Waals surface area contributed by atoms with Crippen LogP contribution in [0.2, 0.25) is 0 Å². The standard InChI is InChI=1S/C16H18FNO3/c1-10-6-14(20-3)8-13(18-10)9-21-16-5-4-12(17)7-15(16)11(2)19/h4-8,11,19H,9H2,1-3H3. The first kappa shape index (κ1) is 15.3. The van der Waals surface area contributed by atoms with Gasteiger partial charge in [-0.15, -0.1) is 0 Å². The van der Waals surface area contributed by atoms with Gasteiger partial charge in [-0.3, -0.25) is 4.98 Å². The molecule has 0 aliphatic rings. The van der Waals surface area contributed by atoms with Gasteiger partial charge in [0.1, 0.15) is 23.9 Å². The smallest absolute Gasteiger partial charge is 0.130 e. The first-order chi connectivity index (χ1) is 9.99. The molecule has 0 spiro atoms. The molecule has 2 rings (SSSR count). The Morgan fingerprint density at radius 3 is 2.71 bits per heavy atom. The summed E-state index contributed by atoms with van der Waals surface area (Å²) in [5.74, 6) is 0.734. The Morgan fingerprint density at radius 2 is 2.05 bits per heavy atom. The fourth-order valence-corrected chi connectivity index (χ4v) is 2.02. The number of halogens is 1. The molecule has 5 heteroatoms. The fourth-order valence-electron chi connectivity index (χ4n) is 2.02. The zero-order valence-corrected chi connectivity index (χ0v) is 12.3. The van der Waals surface area contributed by atoms with E-state index in [0.29, 0.717) is 22.8 Å². The maximum atomic E-state index is 13.2. The average molecular weight is 291 g/mol. The number of benzene rings is 1. The van der Waals surface area contributed by atoms with E-state index in [-0.39, 0.29) is 6.61 Å². The van der Waals surface area contributed by atoms with Crippen molar-refractivity contribution < 1.29 is 19.0 Å². The van der Waals surface area contributed by atoms with Crippen LogP contribution in [0, 0.1) is 12.7 Å². The number of pyridine rings is 1. The lowest BCUT2D eigenvalue weighted by Crippen LogP contribution is -2.04. The Balaban J connectivity index is 2.18. The second-order valence-electron chi connectivity index (χ2n) is 4.79. The maximum absolute atomic E-state index is 13.2. The summed E-state index contributed by atoms with van der Waals surface area (Å²) in [6.07, 6.45) is -0.810. The van der Waals surface area contributed by atoms with E-state index >= 15 is 0 Å². The topological polar surface area (TPSA) is 51.6 Å². The first-order valence-electron chi connectivity index (χ1n) is 6.61. The largest absolute Gasteiger partial charge is 0.497 e. The normalized spacial score (nSPS) is 12.0. The quantitative estimate of drug-likeness (QED) is 0.919. The second kappa shape index (κ2) is 6.54. The molecule has 1 unspecified atom stereocenters. The number of hydrogen-bond acceptors (Lipinski definition) is 4. The molecular weight excluding hydrogens is 273 g/mol. The molecule has 1 aromatic heterocycles. The molecular formula is C16H18FNO3. The third-order valence-electron chi connectivity index (χ3n) is 3.01. The second-order valence-corrected chi connectivity index (χ2v) is 4.79. The van der Waals surface area contributed by atoms with Gasteiger partial charge in [0.15, 0.2) is 0 Å². The van der Waals surface area contributed by atoms with Gasteiger partial charge in [-0.1, -0.05) is 0 Å². The van der Waals surface area contributed by atoms with Crippen molar-refractivity contribution >= 4 is 0 Å². The van der Waals surface area contributed by atoms with E-state index in [4.69, 9.17) is 9.47 Å². The summed E-state index contributed by atoms with van der Waals surface area (Å²) in [7, 11) is 1.59. The molecule has 0 aliphatic carbocycles. The van der Waals surface area contributed by atoms with Crippen LogP contribution < -0.4 is 9.47 Å². The van der Waals surface area contributed by atoms with Crippen molar-refractivity contribution in [3.63, 3.8) is 0 Å². The highest BCUT2D eigenvalue weighted by Gasteiger charge is 2.11. The van der Waals surface area contributed by atoms with E-state index in [2.05, 4.69) is 4.98 Å². The number of rotatable bonds is 5. The Kier molecular flexibility index (Phi) is 4.75. The van der Waals surface area contributed by atoms with Crippen molar-refractivity contribution in [1.29, 1.82) is 0 Å². The van der Waals surface area contributed by atoms with Gasteiger partial charge in [-0.2, -0.15) is 0 Å². The number of nitrogens with zero attached hydrogens (tertiary/aromatic N) is 1. The monoisotopic (exact) mass is 291 g/mol. The molecule has 1 N–H and O–H groups in total. The summed E-state index contributed by atoms with van der Waals surface area (Å²) in [6, 6.07) is 7.67. The molecule has 0 saturated heterocycles. The lowest BCUT2D eigenvalue weighted by Gasteiger charge is -2.14. The summed E-state index contributed by atoms with van der Waals surface area (Å²) in [5.41, 5.74) is 1.94. The van der Waals surface area contributed by atoms with Gasteiger partial charge in [0.25, 0.3) is 0 Å². The van der Waals surface area contributed by atoms with Gasteiger partial charge in [0, 0.05) is 23.4 Å². The molecule has 1 atom stereocenters. The van der Waals surface area contributed by atoms with Crippen molar-refractivity contribution in [1.82, 2.24) is 4.98 Å². The van der Waals surface area contributed by atoms with Crippen LogP contribution in [0.25, 0.3) is 0 Å². The molecule has 0 aliphatic heterocycles. The van der Waals surface area contributed by atoms with Crippen molar-refractivity contribution in [2.24, 2.45) is 0 Å². The van der Waals surface area contributed by atoms with E-state index in [0.717, 1.165) is 5.69 Å². The molecule has 0 fully saturated rings. The molecule has 0 bridgehead atoms. The van der Waals surface area contributed by atoms with Crippen LogP contribution in [-0.4, -0.2) is 17.2 Å². The van der Waals surface area contributed by atoms with Crippen molar-refractivity contribution in [3.8, 4) is 11.5 Å².